The topological polar surface area (TPSA) is 65.4 Å². The van der Waals surface area contributed by atoms with Gasteiger partial charge >= 0.3 is 0 Å². The van der Waals surface area contributed by atoms with Crippen LogP contribution < -0.4 is 10.6 Å². The minimum absolute atomic E-state index is 0.707. The summed E-state index contributed by atoms with van der Waals surface area (Å²) in [6.45, 7) is 9.42. The molecule has 154 valence electrons. The van der Waals surface area contributed by atoms with Crippen molar-refractivity contribution in [1.29, 1.82) is 0 Å². The highest BCUT2D eigenvalue weighted by Crippen LogP contribution is 2.19. The van der Waals surface area contributed by atoms with Crippen LogP contribution in [0.15, 0.2) is 16.6 Å². The van der Waals surface area contributed by atoms with Gasteiger partial charge in [-0.25, -0.2) is 9.97 Å². The molecule has 0 amide bonds. The van der Waals surface area contributed by atoms with Crippen LogP contribution in [0.5, 0.6) is 0 Å². The second kappa shape index (κ2) is 10.9. The molecular weight excluding hydrogens is 388 g/mol. The predicted molar refractivity (Wildman–Crippen MR) is 119 cm³/mol. The Hall–Kier alpha value is -1.51. The lowest BCUT2D eigenvalue weighted by molar-refractivity contribution is 0.176. The zero-order valence-electron chi connectivity index (χ0n) is 17.2. The van der Waals surface area contributed by atoms with Crippen LogP contribution in [0, 0.1) is 12.8 Å². The highest BCUT2D eigenvalue weighted by molar-refractivity contribution is 7.11. The molecule has 28 heavy (non-hydrogen) atoms. The number of aryl methyl sites for hydroxylation is 2. The number of hydrogen-bond donors (Lipinski definition) is 2. The Morgan fingerprint density at radius 2 is 2.11 bits per heavy atom. The molecule has 8 heteroatoms. The molecule has 2 aromatic rings. The first-order valence-electron chi connectivity index (χ1n) is 10.2. The second-order valence-corrected chi connectivity index (χ2v) is 9.56. The molecule has 0 aromatic carbocycles. The molecular formula is C20H32N6S2. The molecule has 0 unspecified atom stereocenters. The summed E-state index contributed by atoms with van der Waals surface area (Å²) in [6, 6.07) is 0. The van der Waals surface area contributed by atoms with Crippen molar-refractivity contribution in [2.45, 2.75) is 46.1 Å². The smallest absolute Gasteiger partial charge is 0.190 e. The largest absolute Gasteiger partial charge is 0.356 e. The fourth-order valence-corrected chi connectivity index (χ4v) is 4.95. The zero-order valence-corrected chi connectivity index (χ0v) is 18.8. The van der Waals surface area contributed by atoms with Crippen LogP contribution in [0.25, 0.3) is 0 Å². The molecule has 3 heterocycles. The monoisotopic (exact) mass is 420 g/mol. The Kier molecular flexibility index (Phi) is 8.24. The normalized spacial score (nSPS) is 16.5. The second-order valence-electron chi connectivity index (χ2n) is 7.30. The van der Waals surface area contributed by atoms with Gasteiger partial charge in [-0.2, -0.15) is 0 Å². The number of nitrogens with one attached hydrogen (secondary N) is 2. The summed E-state index contributed by atoms with van der Waals surface area (Å²) < 4.78 is 0. The Labute approximate surface area is 176 Å². The maximum Gasteiger partial charge on any atom is 0.190 e. The van der Waals surface area contributed by atoms with E-state index in [2.05, 4.69) is 44.7 Å². The van der Waals surface area contributed by atoms with E-state index in [1.165, 1.54) is 33.4 Å². The van der Waals surface area contributed by atoms with Gasteiger partial charge in [-0.3, -0.25) is 9.89 Å². The summed E-state index contributed by atoms with van der Waals surface area (Å²) in [7, 11) is 1.84. The fraction of sp³-hybridized carbons (Fsp3) is 0.650. The van der Waals surface area contributed by atoms with E-state index in [0.29, 0.717) is 5.92 Å². The Morgan fingerprint density at radius 1 is 1.29 bits per heavy atom. The van der Waals surface area contributed by atoms with E-state index in [1.807, 2.05) is 13.2 Å². The number of piperidine rings is 1. The predicted octanol–water partition coefficient (Wildman–Crippen LogP) is 3.09. The summed E-state index contributed by atoms with van der Waals surface area (Å²) in [5, 5.41) is 11.5. The average Bonchev–Trinajstić information content (AvgIpc) is 3.34. The number of likely N-dealkylation sites (tertiary alicyclic amines) is 1. The molecule has 6 nitrogen and oxygen atoms in total. The first kappa shape index (κ1) is 21.2. The van der Waals surface area contributed by atoms with Crippen molar-refractivity contribution in [2.24, 2.45) is 10.9 Å². The van der Waals surface area contributed by atoms with E-state index in [1.54, 1.807) is 22.7 Å². The van der Waals surface area contributed by atoms with Crippen molar-refractivity contribution in [1.82, 2.24) is 25.5 Å². The number of aromatic nitrogens is 2. The van der Waals surface area contributed by atoms with Gasteiger partial charge < -0.3 is 10.6 Å². The highest BCUT2D eigenvalue weighted by Gasteiger charge is 2.20. The zero-order chi connectivity index (χ0) is 19.8. The molecule has 1 aliphatic heterocycles. The fourth-order valence-electron chi connectivity index (χ4n) is 3.43. The standard InChI is InChI=1S/C20H32N6S2/c1-4-18-25-17(14-27-18)13-26-9-6-16(7-10-26)12-24-20(21-3)22-8-5-19-23-11-15(2)28-19/h11,14,16H,4-10,12-13H2,1-3H3,(H2,21,22,24). The lowest BCUT2D eigenvalue weighted by Crippen LogP contribution is -2.43. The molecule has 1 saturated heterocycles. The van der Waals surface area contributed by atoms with Crippen LogP contribution in [0.3, 0.4) is 0 Å². The van der Waals surface area contributed by atoms with Crippen molar-refractivity contribution in [3.63, 3.8) is 0 Å². The molecule has 0 spiro atoms. The van der Waals surface area contributed by atoms with Gasteiger partial charge in [-0.15, -0.1) is 22.7 Å². The number of aliphatic imine (C=N–C) groups is 1. The van der Waals surface area contributed by atoms with Gasteiger partial charge in [0.1, 0.15) is 0 Å². The Morgan fingerprint density at radius 3 is 2.75 bits per heavy atom. The van der Waals surface area contributed by atoms with Crippen LogP contribution in [0.2, 0.25) is 0 Å². The lowest BCUT2D eigenvalue weighted by Gasteiger charge is -2.31. The first-order valence-corrected chi connectivity index (χ1v) is 11.9. The van der Waals surface area contributed by atoms with Gasteiger partial charge in [0, 0.05) is 49.6 Å². The van der Waals surface area contributed by atoms with E-state index in [-0.39, 0.29) is 0 Å². The Balaban J connectivity index is 1.32. The third kappa shape index (κ3) is 6.53. The van der Waals surface area contributed by atoms with Crippen LogP contribution in [-0.2, 0) is 19.4 Å². The van der Waals surface area contributed by atoms with Crippen LogP contribution in [0.4, 0.5) is 0 Å². The van der Waals surface area contributed by atoms with E-state index in [9.17, 15) is 0 Å². The van der Waals surface area contributed by atoms with Crippen LogP contribution >= 0.6 is 22.7 Å². The minimum Gasteiger partial charge on any atom is -0.356 e. The van der Waals surface area contributed by atoms with Gasteiger partial charge in [0.2, 0.25) is 0 Å². The quantitative estimate of drug-likeness (QED) is 0.507. The third-order valence-corrected chi connectivity index (χ3v) is 7.09. The van der Waals surface area contributed by atoms with E-state index < -0.39 is 0 Å². The molecule has 0 atom stereocenters. The molecule has 1 aliphatic rings. The maximum absolute atomic E-state index is 4.70. The van der Waals surface area contributed by atoms with E-state index >= 15 is 0 Å². The average molecular weight is 421 g/mol. The van der Waals surface area contributed by atoms with Gasteiger partial charge in [-0.05, 0) is 45.2 Å². The summed E-state index contributed by atoms with van der Waals surface area (Å²) in [4.78, 5) is 17.3. The molecule has 0 aliphatic carbocycles. The van der Waals surface area contributed by atoms with E-state index in [4.69, 9.17) is 4.98 Å². The van der Waals surface area contributed by atoms with Crippen LogP contribution in [-0.4, -0.2) is 54.1 Å². The van der Waals surface area contributed by atoms with Crippen molar-refractivity contribution < 1.29 is 0 Å². The van der Waals surface area contributed by atoms with Crippen molar-refractivity contribution in [2.75, 3.05) is 33.2 Å². The molecule has 2 aromatic heterocycles. The number of rotatable bonds is 8. The highest BCUT2D eigenvalue weighted by atomic mass is 32.1. The lowest BCUT2D eigenvalue weighted by atomic mass is 9.97. The molecule has 0 radical (unpaired) electrons. The van der Waals surface area contributed by atoms with Crippen molar-refractivity contribution in [3.05, 3.63) is 32.2 Å². The van der Waals surface area contributed by atoms with E-state index in [0.717, 1.165) is 51.5 Å². The van der Waals surface area contributed by atoms with Crippen molar-refractivity contribution >= 4 is 28.6 Å². The molecule has 3 rings (SSSR count). The summed E-state index contributed by atoms with van der Waals surface area (Å²) in [5.74, 6) is 1.60. The Bertz CT molecular complexity index is 745. The minimum atomic E-state index is 0.707. The molecule has 0 bridgehead atoms. The molecule has 1 fully saturated rings. The third-order valence-electron chi connectivity index (χ3n) is 5.08. The van der Waals surface area contributed by atoms with Gasteiger partial charge in [0.05, 0.1) is 15.7 Å². The van der Waals surface area contributed by atoms with Crippen molar-refractivity contribution in [3.8, 4) is 0 Å². The number of thiazole rings is 2. The molecule has 0 saturated carbocycles. The van der Waals surface area contributed by atoms with Gasteiger partial charge in [0.15, 0.2) is 5.96 Å². The van der Waals surface area contributed by atoms with Gasteiger partial charge in [-0.1, -0.05) is 6.92 Å². The SMILES string of the molecule is CCc1nc(CN2CCC(CNC(=NC)NCCc3ncc(C)s3)CC2)cs1. The van der Waals surface area contributed by atoms with Gasteiger partial charge in [0.25, 0.3) is 0 Å². The first-order chi connectivity index (χ1) is 13.7. The number of hydrogen-bond acceptors (Lipinski definition) is 6. The molecule has 2 N–H and O–H groups in total. The summed E-state index contributed by atoms with van der Waals surface area (Å²) in [6.07, 6.45) is 6.38. The number of nitrogens with zero attached hydrogens (tertiary/aromatic N) is 4. The summed E-state index contributed by atoms with van der Waals surface area (Å²) in [5.41, 5.74) is 1.23. The summed E-state index contributed by atoms with van der Waals surface area (Å²) >= 11 is 3.55. The number of guanidine groups is 1. The maximum atomic E-state index is 4.70. The van der Waals surface area contributed by atoms with Crippen LogP contribution in [0.1, 0.15) is 40.4 Å².